The van der Waals surface area contributed by atoms with Gasteiger partial charge in [0.05, 0.1) is 32.3 Å². The normalized spacial score (nSPS) is 13.9. The van der Waals surface area contributed by atoms with Gasteiger partial charge in [0.1, 0.15) is 0 Å². The highest BCUT2D eigenvalue weighted by Crippen LogP contribution is 2.33. The second-order valence-corrected chi connectivity index (χ2v) is 10.7. The van der Waals surface area contributed by atoms with Gasteiger partial charge in [0.25, 0.3) is 10.0 Å². The number of morpholine rings is 1. The summed E-state index contributed by atoms with van der Waals surface area (Å²) in [7, 11) is -0.953. The van der Waals surface area contributed by atoms with Crippen LogP contribution in [-0.2, 0) is 19.6 Å². The fraction of sp³-hybridized carbons (Fsp3) is 0.241. The van der Waals surface area contributed by atoms with Crippen LogP contribution in [0.5, 0.6) is 11.5 Å². The summed E-state index contributed by atoms with van der Waals surface area (Å²) in [5.74, 6) is 0.904. The molecular weight excluding hydrogens is 534 g/mol. The first kappa shape index (κ1) is 28.7. The molecule has 0 aromatic heterocycles. The Balaban J connectivity index is 1.57. The number of aryl methyl sites for hydroxylation is 1. The quantitative estimate of drug-likeness (QED) is 0.398. The highest BCUT2D eigenvalue weighted by atomic mass is 32.2. The Morgan fingerprint density at radius 3 is 2.12 bits per heavy atom. The number of nitrogens with one attached hydrogen (secondary N) is 2. The first-order chi connectivity index (χ1) is 19.2. The average molecular weight is 566 g/mol. The zero-order chi connectivity index (χ0) is 28.7. The molecule has 0 bridgehead atoms. The first-order valence-electron chi connectivity index (χ1n) is 12.5. The van der Waals surface area contributed by atoms with Gasteiger partial charge in [-0.15, -0.1) is 0 Å². The Hall–Kier alpha value is -4.35. The molecule has 1 aliphatic heterocycles. The molecule has 210 valence electrons. The molecule has 1 saturated heterocycles. The molecule has 0 spiro atoms. The van der Waals surface area contributed by atoms with Crippen molar-refractivity contribution in [1.82, 2.24) is 9.62 Å². The number of anilines is 1. The molecular formula is C29H31N3O7S. The van der Waals surface area contributed by atoms with Crippen LogP contribution in [0.4, 0.5) is 10.5 Å². The molecule has 1 fully saturated rings. The van der Waals surface area contributed by atoms with E-state index in [-0.39, 0.29) is 10.8 Å². The van der Waals surface area contributed by atoms with Crippen molar-refractivity contribution in [3.63, 3.8) is 0 Å². The van der Waals surface area contributed by atoms with Gasteiger partial charge in [-0.05, 0) is 60.0 Å². The predicted octanol–water partition coefficient (Wildman–Crippen LogP) is 3.81. The van der Waals surface area contributed by atoms with Gasteiger partial charge in [-0.2, -0.15) is 0 Å². The topological polar surface area (TPSA) is 123 Å². The zero-order valence-corrected chi connectivity index (χ0v) is 23.3. The maximum atomic E-state index is 13.1. The van der Waals surface area contributed by atoms with Crippen molar-refractivity contribution in [1.29, 1.82) is 0 Å². The number of sulfonamides is 1. The van der Waals surface area contributed by atoms with Gasteiger partial charge in [-0.1, -0.05) is 35.9 Å². The average Bonchev–Trinajstić information content (AvgIpc) is 2.96. The molecule has 11 heteroatoms. The van der Waals surface area contributed by atoms with E-state index in [2.05, 4.69) is 5.32 Å². The molecule has 0 saturated carbocycles. The van der Waals surface area contributed by atoms with Crippen LogP contribution in [0.25, 0.3) is 5.57 Å². The summed E-state index contributed by atoms with van der Waals surface area (Å²) >= 11 is 0. The lowest BCUT2D eigenvalue weighted by molar-refractivity contribution is -0.129. The molecule has 1 aliphatic rings. The third-order valence-corrected chi connectivity index (χ3v) is 7.64. The predicted molar refractivity (Wildman–Crippen MR) is 151 cm³/mol. The fourth-order valence-corrected chi connectivity index (χ4v) is 5.03. The molecule has 0 aliphatic carbocycles. The number of carbonyl (C=O) groups excluding carboxylic acids is 2. The number of benzene rings is 3. The lowest BCUT2D eigenvalue weighted by atomic mass is 9.96. The fourth-order valence-electron chi connectivity index (χ4n) is 4.12. The highest BCUT2D eigenvalue weighted by molar-refractivity contribution is 7.90. The molecule has 2 N–H and O–H groups in total. The Morgan fingerprint density at radius 2 is 1.50 bits per heavy atom. The lowest BCUT2D eigenvalue weighted by Crippen LogP contribution is -2.39. The first-order valence-corrected chi connectivity index (χ1v) is 14.0. The molecule has 0 radical (unpaired) electrons. The molecule has 3 aromatic rings. The zero-order valence-electron chi connectivity index (χ0n) is 22.5. The molecule has 3 amide bonds. The summed E-state index contributed by atoms with van der Waals surface area (Å²) in [5.41, 5.74) is 3.33. The molecule has 4 rings (SSSR count). The minimum absolute atomic E-state index is 0.0155. The molecule has 0 atom stereocenters. The van der Waals surface area contributed by atoms with Crippen molar-refractivity contribution >= 4 is 33.2 Å². The Kier molecular flexibility index (Phi) is 9.08. The van der Waals surface area contributed by atoms with E-state index in [1.807, 2.05) is 17.7 Å². The Labute approximate surface area is 233 Å². The molecule has 0 unspecified atom stereocenters. The number of nitrogens with zero attached hydrogens (tertiary/aromatic N) is 1. The second-order valence-electron chi connectivity index (χ2n) is 9.02. The highest BCUT2D eigenvalue weighted by Gasteiger charge is 2.19. The Morgan fingerprint density at radius 1 is 0.875 bits per heavy atom. The van der Waals surface area contributed by atoms with Crippen LogP contribution in [0.1, 0.15) is 16.7 Å². The largest absolute Gasteiger partial charge is 0.493 e. The van der Waals surface area contributed by atoms with Crippen LogP contribution in [0.15, 0.2) is 77.7 Å². The van der Waals surface area contributed by atoms with Gasteiger partial charge in [-0.25, -0.2) is 17.9 Å². The number of rotatable bonds is 8. The van der Waals surface area contributed by atoms with E-state index in [0.29, 0.717) is 54.6 Å². The third-order valence-electron chi connectivity index (χ3n) is 6.30. The SMILES string of the molecule is COc1ccc(C(=CC(=O)N2CCOCC2)c2ccc(NC(=O)NS(=O)(=O)c3ccc(C)cc3)cc2)cc1OC. The summed E-state index contributed by atoms with van der Waals surface area (Å²) in [6.07, 6.45) is 1.57. The number of carbonyl (C=O) groups is 2. The number of methoxy groups -OCH3 is 2. The van der Waals surface area contributed by atoms with Crippen molar-refractivity contribution in [2.75, 3.05) is 45.8 Å². The van der Waals surface area contributed by atoms with Crippen LogP contribution in [0, 0.1) is 6.92 Å². The van der Waals surface area contributed by atoms with Gasteiger partial charge in [-0.3, -0.25) is 4.79 Å². The second kappa shape index (κ2) is 12.7. The van der Waals surface area contributed by atoms with E-state index in [1.54, 1.807) is 66.6 Å². The third kappa shape index (κ3) is 6.99. The van der Waals surface area contributed by atoms with Gasteiger partial charge in [0, 0.05) is 24.9 Å². The van der Waals surface area contributed by atoms with E-state index < -0.39 is 16.1 Å². The summed E-state index contributed by atoms with van der Waals surface area (Å²) < 4.78 is 43.3. The maximum absolute atomic E-state index is 13.1. The van der Waals surface area contributed by atoms with E-state index >= 15 is 0 Å². The molecule has 40 heavy (non-hydrogen) atoms. The van der Waals surface area contributed by atoms with Crippen molar-refractivity contribution in [2.45, 2.75) is 11.8 Å². The number of hydrogen-bond donors (Lipinski definition) is 2. The summed E-state index contributed by atoms with van der Waals surface area (Å²) in [4.78, 5) is 27.3. The van der Waals surface area contributed by atoms with Crippen LogP contribution in [-0.4, -0.2) is 65.8 Å². The Bertz CT molecular complexity index is 1500. The summed E-state index contributed by atoms with van der Waals surface area (Å²) in [5, 5.41) is 2.54. The van der Waals surface area contributed by atoms with Crippen LogP contribution in [0.2, 0.25) is 0 Å². The van der Waals surface area contributed by atoms with Gasteiger partial charge in [0.2, 0.25) is 5.91 Å². The molecule has 10 nitrogen and oxygen atoms in total. The smallest absolute Gasteiger partial charge is 0.333 e. The van der Waals surface area contributed by atoms with E-state index in [4.69, 9.17) is 14.2 Å². The van der Waals surface area contributed by atoms with Gasteiger partial charge in [0.15, 0.2) is 11.5 Å². The van der Waals surface area contributed by atoms with Gasteiger partial charge >= 0.3 is 6.03 Å². The number of urea groups is 1. The summed E-state index contributed by atoms with van der Waals surface area (Å²) in [6, 6.07) is 17.4. The summed E-state index contributed by atoms with van der Waals surface area (Å²) in [6.45, 7) is 3.79. The van der Waals surface area contributed by atoms with Crippen LogP contribution < -0.4 is 19.5 Å². The minimum atomic E-state index is -4.03. The monoisotopic (exact) mass is 565 g/mol. The van der Waals surface area contributed by atoms with E-state index in [9.17, 15) is 18.0 Å². The van der Waals surface area contributed by atoms with Crippen LogP contribution >= 0.6 is 0 Å². The standard InChI is InChI=1S/C29H31N3O7S/c1-20-4-11-24(12-5-20)40(35,36)31-29(34)30-23-9-6-21(7-10-23)25(19-28(33)32-14-16-39-17-15-32)22-8-13-26(37-2)27(18-22)38-3/h4-13,18-19H,14-17H2,1-3H3,(H2,30,31,34). The number of hydrogen-bond acceptors (Lipinski definition) is 7. The van der Waals surface area contributed by atoms with E-state index in [0.717, 1.165) is 11.1 Å². The lowest BCUT2D eigenvalue weighted by Gasteiger charge is -2.26. The van der Waals surface area contributed by atoms with Gasteiger partial charge < -0.3 is 24.4 Å². The van der Waals surface area contributed by atoms with E-state index in [1.165, 1.54) is 19.2 Å². The number of amides is 3. The minimum Gasteiger partial charge on any atom is -0.493 e. The van der Waals surface area contributed by atoms with Crippen molar-refractivity contribution in [3.8, 4) is 11.5 Å². The maximum Gasteiger partial charge on any atom is 0.333 e. The molecule has 3 aromatic carbocycles. The van der Waals surface area contributed by atoms with Crippen molar-refractivity contribution in [3.05, 3.63) is 89.5 Å². The molecule has 1 heterocycles. The number of ether oxygens (including phenoxy) is 3. The van der Waals surface area contributed by atoms with Crippen molar-refractivity contribution in [2.24, 2.45) is 0 Å². The van der Waals surface area contributed by atoms with Crippen LogP contribution in [0.3, 0.4) is 0 Å². The van der Waals surface area contributed by atoms with Crippen molar-refractivity contribution < 1.29 is 32.2 Å².